The van der Waals surface area contributed by atoms with Crippen LogP contribution in [0.1, 0.15) is 16.5 Å². The van der Waals surface area contributed by atoms with Gasteiger partial charge in [0.05, 0.1) is 17.7 Å². The van der Waals surface area contributed by atoms with Gasteiger partial charge in [-0.3, -0.25) is 21.4 Å². The fourth-order valence-electron chi connectivity index (χ4n) is 1.39. The van der Waals surface area contributed by atoms with Gasteiger partial charge in [-0.25, -0.2) is 0 Å². The summed E-state index contributed by atoms with van der Waals surface area (Å²) in [6.45, 7) is 0. The highest BCUT2D eigenvalue weighted by Crippen LogP contribution is 2.22. The smallest absolute Gasteiger partial charge is 0.123 e. The van der Waals surface area contributed by atoms with Gasteiger partial charge in [0, 0.05) is 23.1 Å². The number of nitrogens with zero attached hydrogens (tertiary/aromatic N) is 2. The summed E-state index contributed by atoms with van der Waals surface area (Å²) in [7, 11) is 0. The third kappa shape index (κ3) is 2.14. The van der Waals surface area contributed by atoms with E-state index in [1.54, 1.807) is 23.0 Å². The molecular weight excluding hydrogens is 212 g/mol. The average Bonchev–Trinajstić information content (AvgIpc) is 2.85. The van der Waals surface area contributed by atoms with Crippen LogP contribution in [0.5, 0.6) is 0 Å². The zero-order valence-electron chi connectivity index (χ0n) is 7.97. The number of hydrazine groups is 1. The lowest BCUT2D eigenvalue weighted by molar-refractivity contribution is 0.557. The molecule has 1 atom stereocenters. The molecule has 6 N–H and O–H groups in total. The van der Waals surface area contributed by atoms with Gasteiger partial charge in [0.2, 0.25) is 0 Å². The molecule has 0 saturated carbocycles. The molecule has 2 rings (SSSR count). The Bertz CT molecular complexity index is 408. The first-order valence-electron chi connectivity index (χ1n) is 4.43. The van der Waals surface area contributed by atoms with Gasteiger partial charge < -0.3 is 5.73 Å². The number of anilines is 1. The molecule has 2 heterocycles. The molecule has 0 aliphatic carbocycles. The number of nitrogens with one attached hydrogen (secondary N) is 2. The van der Waals surface area contributed by atoms with Crippen molar-refractivity contribution in [3.8, 4) is 0 Å². The lowest BCUT2D eigenvalue weighted by atomic mass is 10.1. The van der Waals surface area contributed by atoms with Crippen LogP contribution in [0.4, 0.5) is 5.82 Å². The van der Waals surface area contributed by atoms with Crippen LogP contribution in [0, 0.1) is 0 Å². The van der Waals surface area contributed by atoms with Gasteiger partial charge in [-0.2, -0.15) is 5.10 Å². The highest BCUT2D eigenvalue weighted by molar-refractivity contribution is 7.09. The number of H-pyrrole nitrogens is 1. The molecule has 0 aromatic carbocycles. The number of aromatic nitrogens is 3. The van der Waals surface area contributed by atoms with E-state index >= 15 is 0 Å². The summed E-state index contributed by atoms with van der Waals surface area (Å²) in [5.74, 6) is 6.03. The molecule has 0 saturated heterocycles. The van der Waals surface area contributed by atoms with Crippen molar-refractivity contribution >= 4 is 17.2 Å². The van der Waals surface area contributed by atoms with Crippen molar-refractivity contribution in [2.24, 2.45) is 5.84 Å². The molecule has 6 nitrogen and oxygen atoms in total. The number of nitrogen functional groups attached to an aromatic ring is 1. The molecule has 0 aliphatic heterocycles. The van der Waals surface area contributed by atoms with Crippen LogP contribution < -0.4 is 17.0 Å². The van der Waals surface area contributed by atoms with Crippen molar-refractivity contribution in [1.82, 2.24) is 20.6 Å². The first-order valence-corrected chi connectivity index (χ1v) is 5.31. The molecule has 2 aromatic heterocycles. The maximum atomic E-state index is 5.72. The van der Waals surface area contributed by atoms with E-state index in [4.69, 9.17) is 11.6 Å². The van der Waals surface area contributed by atoms with Crippen LogP contribution >= 0.6 is 11.3 Å². The average molecular weight is 224 g/mol. The summed E-state index contributed by atoms with van der Waals surface area (Å²) in [6.07, 6.45) is 4.26. The summed E-state index contributed by atoms with van der Waals surface area (Å²) in [6, 6.07) is -0.0378. The van der Waals surface area contributed by atoms with E-state index in [0.29, 0.717) is 5.82 Å². The van der Waals surface area contributed by atoms with Gasteiger partial charge in [0.25, 0.3) is 0 Å². The number of thiazole rings is 1. The normalized spacial score (nSPS) is 12.9. The number of hydrogen-bond acceptors (Lipinski definition) is 6. The highest BCUT2D eigenvalue weighted by atomic mass is 32.1. The topological polar surface area (TPSA) is 106 Å². The van der Waals surface area contributed by atoms with E-state index < -0.39 is 0 Å². The molecule has 0 radical (unpaired) electrons. The van der Waals surface area contributed by atoms with E-state index in [1.165, 1.54) is 0 Å². The maximum Gasteiger partial charge on any atom is 0.123 e. The van der Waals surface area contributed by atoms with E-state index in [0.717, 1.165) is 16.9 Å². The standard InChI is InChI=1S/C8H12N6S/c9-8-6(3-12-14-8)7(13-10)1-5-2-11-4-15-5/h2-4,7,13H,1,10H2,(H3,9,12,14). The minimum absolute atomic E-state index is 0.0378. The van der Waals surface area contributed by atoms with Gasteiger partial charge in [-0.1, -0.05) is 0 Å². The number of aromatic amines is 1. The molecule has 2 aromatic rings. The van der Waals surface area contributed by atoms with Crippen molar-refractivity contribution in [1.29, 1.82) is 0 Å². The van der Waals surface area contributed by atoms with Crippen molar-refractivity contribution in [2.45, 2.75) is 12.5 Å². The third-order valence-corrected chi connectivity index (χ3v) is 2.97. The zero-order valence-corrected chi connectivity index (χ0v) is 8.79. The molecule has 0 amide bonds. The molecule has 80 valence electrons. The van der Waals surface area contributed by atoms with Crippen LogP contribution in [-0.4, -0.2) is 15.2 Å². The van der Waals surface area contributed by atoms with Crippen LogP contribution in [-0.2, 0) is 6.42 Å². The second-order valence-electron chi connectivity index (χ2n) is 3.13. The fraction of sp³-hybridized carbons (Fsp3) is 0.250. The van der Waals surface area contributed by atoms with E-state index in [1.807, 2.05) is 6.20 Å². The first-order chi connectivity index (χ1) is 7.31. The summed E-state index contributed by atoms with van der Waals surface area (Å²) >= 11 is 1.59. The van der Waals surface area contributed by atoms with Crippen LogP contribution in [0.25, 0.3) is 0 Å². The SMILES string of the molecule is NNC(Cc1cncs1)c1cn[nH]c1N. The van der Waals surface area contributed by atoms with Gasteiger partial charge >= 0.3 is 0 Å². The molecule has 15 heavy (non-hydrogen) atoms. The third-order valence-electron chi connectivity index (χ3n) is 2.17. The predicted molar refractivity (Wildman–Crippen MR) is 58.9 cm³/mol. The van der Waals surface area contributed by atoms with Crippen molar-refractivity contribution in [3.05, 3.63) is 28.3 Å². The van der Waals surface area contributed by atoms with Gasteiger partial charge in [0.15, 0.2) is 0 Å². The lowest BCUT2D eigenvalue weighted by Gasteiger charge is -2.13. The van der Waals surface area contributed by atoms with Crippen LogP contribution in [0.15, 0.2) is 17.9 Å². The van der Waals surface area contributed by atoms with E-state index in [-0.39, 0.29) is 6.04 Å². The molecule has 0 bridgehead atoms. The Morgan fingerprint density at radius 1 is 1.53 bits per heavy atom. The predicted octanol–water partition coefficient (Wildman–Crippen LogP) is 0.195. The highest BCUT2D eigenvalue weighted by Gasteiger charge is 2.15. The number of rotatable bonds is 4. The van der Waals surface area contributed by atoms with Crippen molar-refractivity contribution in [2.75, 3.05) is 5.73 Å². The molecular formula is C8H12N6S. The van der Waals surface area contributed by atoms with Gasteiger partial charge in [0.1, 0.15) is 5.82 Å². The fourth-order valence-corrected chi connectivity index (χ4v) is 2.03. The molecule has 0 aliphatic rings. The maximum absolute atomic E-state index is 5.72. The minimum Gasteiger partial charge on any atom is -0.384 e. The number of hydrogen-bond donors (Lipinski definition) is 4. The minimum atomic E-state index is -0.0378. The number of nitrogens with two attached hydrogens (primary N) is 2. The molecule has 7 heteroatoms. The van der Waals surface area contributed by atoms with Gasteiger partial charge in [-0.05, 0) is 0 Å². The second-order valence-corrected chi connectivity index (χ2v) is 4.10. The summed E-state index contributed by atoms with van der Waals surface area (Å²) in [5, 5.41) is 6.55. The largest absolute Gasteiger partial charge is 0.384 e. The summed E-state index contributed by atoms with van der Waals surface area (Å²) in [5.41, 5.74) is 11.1. The van der Waals surface area contributed by atoms with Crippen molar-refractivity contribution in [3.63, 3.8) is 0 Å². The van der Waals surface area contributed by atoms with Gasteiger partial charge in [-0.15, -0.1) is 11.3 Å². The van der Waals surface area contributed by atoms with E-state index in [2.05, 4.69) is 20.6 Å². The Labute approximate surface area is 90.7 Å². The monoisotopic (exact) mass is 224 g/mol. The van der Waals surface area contributed by atoms with Crippen LogP contribution in [0.3, 0.4) is 0 Å². The Morgan fingerprint density at radius 2 is 2.40 bits per heavy atom. The Hall–Kier alpha value is -1.44. The Kier molecular flexibility index (Phi) is 2.95. The second kappa shape index (κ2) is 4.39. The lowest BCUT2D eigenvalue weighted by Crippen LogP contribution is -2.29. The quantitative estimate of drug-likeness (QED) is 0.438. The Morgan fingerprint density at radius 3 is 2.93 bits per heavy atom. The summed E-state index contributed by atoms with van der Waals surface area (Å²) in [4.78, 5) is 5.16. The molecule has 0 spiro atoms. The zero-order chi connectivity index (χ0) is 10.7. The van der Waals surface area contributed by atoms with Crippen LogP contribution in [0.2, 0.25) is 0 Å². The molecule has 0 fully saturated rings. The van der Waals surface area contributed by atoms with Crippen molar-refractivity contribution < 1.29 is 0 Å². The Balaban J connectivity index is 2.15. The van der Waals surface area contributed by atoms with E-state index in [9.17, 15) is 0 Å². The summed E-state index contributed by atoms with van der Waals surface area (Å²) < 4.78 is 0. The molecule has 1 unspecified atom stereocenters. The first kappa shape index (κ1) is 10.1.